The monoisotopic (exact) mass is 731 g/mol. The van der Waals surface area contributed by atoms with Gasteiger partial charge in [0.15, 0.2) is 5.82 Å². The fourth-order valence-electron chi connectivity index (χ4n) is 2.60. The molecular weight excluding hydrogens is 722 g/mol. The van der Waals surface area contributed by atoms with E-state index in [1.54, 1.807) is 36.7 Å². The van der Waals surface area contributed by atoms with Crippen molar-refractivity contribution in [2.45, 2.75) is 0 Å². The number of aromatic nitrogens is 2. The van der Waals surface area contributed by atoms with Gasteiger partial charge < -0.3 is 21.2 Å². The summed E-state index contributed by atoms with van der Waals surface area (Å²) in [5, 5.41) is 3.12. The average molecular weight is 734 g/mol. The van der Waals surface area contributed by atoms with Crippen molar-refractivity contribution in [3.05, 3.63) is 78.0 Å². The Hall–Kier alpha value is -1.10. The Kier molecular flexibility index (Phi) is 11.2. The number of nitrogens with one attached hydrogen (secondary N) is 2. The summed E-state index contributed by atoms with van der Waals surface area (Å²) in [6.07, 6.45) is 8.30. The average Bonchev–Trinajstić information content (AvgIpc) is 3.14. The number of terminal acetylenes is 1. The van der Waals surface area contributed by atoms with E-state index < -0.39 is 11.8 Å². The fraction of sp³-hybridized carbons (Fsp3) is 0.0500. The molecule has 1 aromatic carbocycles. The molecule has 13 heteroatoms. The summed E-state index contributed by atoms with van der Waals surface area (Å²) in [6.45, 7) is -0.103. The SMILES string of the molecule is C#CCO[N-]NC(=O)c1cc(Br)cc(Br)c1NC(=O)c1cc(Br)cn1-c1ncccc1Cl.[Y]. The first kappa shape index (κ1) is 28.1. The number of nitrogens with zero attached hydrogens (tertiary/aromatic N) is 3. The molecule has 0 bridgehead atoms. The molecule has 2 heterocycles. The predicted molar refractivity (Wildman–Crippen MR) is 132 cm³/mol. The van der Waals surface area contributed by atoms with Crippen molar-refractivity contribution in [3.63, 3.8) is 0 Å². The second-order valence-electron chi connectivity index (χ2n) is 6.00. The van der Waals surface area contributed by atoms with Crippen molar-refractivity contribution < 1.29 is 47.1 Å². The summed E-state index contributed by atoms with van der Waals surface area (Å²) in [4.78, 5) is 34.8. The third kappa shape index (κ3) is 7.19. The van der Waals surface area contributed by atoms with Crippen molar-refractivity contribution >= 4 is 76.9 Å². The molecular formula is C20H12Br3ClN5O3Y-. The molecule has 0 saturated carbocycles. The van der Waals surface area contributed by atoms with Crippen molar-refractivity contribution in [2.24, 2.45) is 0 Å². The molecule has 0 fully saturated rings. The number of carbonyl (C=O) groups excluding carboxylic acids is 2. The number of pyridine rings is 1. The van der Waals surface area contributed by atoms with Gasteiger partial charge in [-0.3, -0.25) is 14.2 Å². The fourth-order valence-corrected chi connectivity index (χ4v) is 4.55. The van der Waals surface area contributed by atoms with Crippen LogP contribution in [0.2, 0.25) is 5.02 Å². The number of hydrogen-bond donors (Lipinski definition) is 2. The van der Waals surface area contributed by atoms with Crippen LogP contribution in [-0.2, 0) is 37.5 Å². The first-order chi connectivity index (χ1) is 15.3. The quantitative estimate of drug-likeness (QED) is 0.187. The Morgan fingerprint density at radius 1 is 1.21 bits per heavy atom. The number of amides is 2. The molecule has 1 radical (unpaired) electrons. The van der Waals surface area contributed by atoms with Crippen LogP contribution >= 0.6 is 59.4 Å². The van der Waals surface area contributed by atoms with E-state index in [-0.39, 0.29) is 56.3 Å². The second kappa shape index (κ2) is 13.1. The second-order valence-corrected chi connectivity index (χ2v) is 9.09. The van der Waals surface area contributed by atoms with Crippen LogP contribution in [0.3, 0.4) is 0 Å². The van der Waals surface area contributed by atoms with Crippen LogP contribution in [0, 0.1) is 12.3 Å². The Balaban J connectivity index is 0.00000385. The Morgan fingerprint density at radius 3 is 2.67 bits per heavy atom. The van der Waals surface area contributed by atoms with E-state index in [1.165, 1.54) is 10.6 Å². The van der Waals surface area contributed by atoms with Gasteiger partial charge in [-0.15, -0.1) is 6.42 Å². The molecule has 0 aliphatic rings. The Labute approximate surface area is 244 Å². The van der Waals surface area contributed by atoms with Crippen molar-refractivity contribution in [3.8, 4) is 18.2 Å². The van der Waals surface area contributed by atoms with E-state index in [0.717, 1.165) is 0 Å². The first-order valence-electron chi connectivity index (χ1n) is 8.66. The van der Waals surface area contributed by atoms with Gasteiger partial charge in [0.2, 0.25) is 5.91 Å². The molecule has 33 heavy (non-hydrogen) atoms. The van der Waals surface area contributed by atoms with Gasteiger partial charge in [-0.1, -0.05) is 33.5 Å². The molecule has 2 amide bonds. The normalized spacial score (nSPS) is 10.2. The molecule has 0 aliphatic carbocycles. The number of rotatable bonds is 7. The minimum Gasteiger partial charge on any atom is -0.457 e. The Morgan fingerprint density at radius 2 is 1.97 bits per heavy atom. The number of benzene rings is 1. The summed E-state index contributed by atoms with van der Waals surface area (Å²) < 4.78 is 3.24. The zero-order valence-corrected chi connectivity index (χ0v) is 24.8. The van der Waals surface area contributed by atoms with E-state index in [1.807, 2.05) is 0 Å². The third-order valence-electron chi connectivity index (χ3n) is 3.88. The van der Waals surface area contributed by atoms with E-state index in [4.69, 9.17) is 22.9 Å². The topological polar surface area (TPSA) is 99.4 Å². The van der Waals surface area contributed by atoms with Crippen molar-refractivity contribution in [1.29, 1.82) is 0 Å². The van der Waals surface area contributed by atoms with Gasteiger partial charge in [0, 0.05) is 58.5 Å². The van der Waals surface area contributed by atoms with Gasteiger partial charge >= 0.3 is 0 Å². The van der Waals surface area contributed by atoms with Gasteiger partial charge in [-0.2, -0.15) is 0 Å². The Bertz CT molecular complexity index is 1230. The van der Waals surface area contributed by atoms with E-state index in [9.17, 15) is 9.59 Å². The molecule has 0 spiro atoms. The van der Waals surface area contributed by atoms with E-state index in [0.29, 0.717) is 24.3 Å². The molecule has 8 nitrogen and oxygen atoms in total. The summed E-state index contributed by atoms with van der Waals surface area (Å²) in [5.74, 6) is 1.47. The predicted octanol–water partition coefficient (Wildman–Crippen LogP) is 5.65. The largest absolute Gasteiger partial charge is 0.457 e. The number of anilines is 1. The van der Waals surface area contributed by atoms with Crippen LogP contribution in [0.1, 0.15) is 20.8 Å². The van der Waals surface area contributed by atoms with Gasteiger partial charge in [-0.25, -0.2) is 4.98 Å². The molecule has 0 aliphatic heterocycles. The van der Waals surface area contributed by atoms with E-state index in [2.05, 4.69) is 75.0 Å². The molecule has 2 aromatic heterocycles. The minimum atomic E-state index is -0.622. The molecule has 3 rings (SSSR count). The number of hydrogen-bond acceptors (Lipinski definition) is 4. The zero-order chi connectivity index (χ0) is 23.3. The van der Waals surface area contributed by atoms with Crippen LogP contribution in [0.15, 0.2) is 56.1 Å². The molecule has 0 atom stereocenters. The van der Waals surface area contributed by atoms with Crippen LogP contribution in [0.5, 0.6) is 0 Å². The number of halogens is 4. The maximum absolute atomic E-state index is 13.2. The van der Waals surface area contributed by atoms with Gasteiger partial charge in [0.1, 0.15) is 5.69 Å². The van der Waals surface area contributed by atoms with Crippen molar-refractivity contribution in [2.75, 3.05) is 11.9 Å². The van der Waals surface area contributed by atoms with Crippen LogP contribution in [-0.4, -0.2) is 28.0 Å². The first-order valence-corrected chi connectivity index (χ1v) is 11.4. The number of carbonyl (C=O) groups is 2. The minimum absolute atomic E-state index is 0. The summed E-state index contributed by atoms with van der Waals surface area (Å²) in [6, 6.07) is 8.17. The molecule has 0 saturated heterocycles. The smallest absolute Gasteiger partial charge is 0.272 e. The van der Waals surface area contributed by atoms with Gasteiger partial charge in [0.05, 0.1) is 22.9 Å². The molecule has 2 N–H and O–H groups in total. The standard InChI is InChI=1S/C20H12Br3ClN5O3.Y/c1-2-6-32-28-27-19(30)13-7-11(21)8-14(23)17(13)26-20(31)16-9-12(22)10-29(16)18-15(24)4-3-5-25-18;/h1,3-5,7-10H,6H2,(H2,26,27,30,31);/q-1;. The maximum atomic E-state index is 13.2. The summed E-state index contributed by atoms with van der Waals surface area (Å²) in [5.41, 5.74) is 6.23. The van der Waals surface area contributed by atoms with Crippen LogP contribution in [0.25, 0.3) is 11.4 Å². The van der Waals surface area contributed by atoms with E-state index >= 15 is 0 Å². The molecule has 3 aromatic rings. The van der Waals surface area contributed by atoms with Crippen LogP contribution in [0.4, 0.5) is 5.69 Å². The third-order valence-corrected chi connectivity index (χ3v) is 5.70. The van der Waals surface area contributed by atoms with Crippen LogP contribution < -0.4 is 10.7 Å². The molecule has 167 valence electrons. The van der Waals surface area contributed by atoms with Crippen molar-refractivity contribution in [1.82, 2.24) is 15.0 Å². The zero-order valence-electron chi connectivity index (χ0n) is 16.5. The summed E-state index contributed by atoms with van der Waals surface area (Å²) >= 11 is 16.3. The van der Waals surface area contributed by atoms with Gasteiger partial charge in [0.25, 0.3) is 5.91 Å². The molecule has 0 unspecified atom stereocenters. The van der Waals surface area contributed by atoms with Gasteiger partial charge in [-0.05, 0) is 62.2 Å². The maximum Gasteiger partial charge on any atom is 0.272 e. The summed E-state index contributed by atoms with van der Waals surface area (Å²) in [7, 11) is 0.